The smallest absolute Gasteiger partial charge is 0.294 e. The number of aryl methyl sites for hydroxylation is 2. The fourth-order valence-corrected chi connectivity index (χ4v) is 4.95. The van der Waals surface area contributed by atoms with Gasteiger partial charge in [-0.3, -0.25) is 18.8 Å². The van der Waals surface area contributed by atoms with Crippen molar-refractivity contribution >= 4 is 18.4 Å². The summed E-state index contributed by atoms with van der Waals surface area (Å²) >= 11 is 0. The normalized spacial score (nSPS) is 12.5. The average molecular weight is 519 g/mol. The van der Waals surface area contributed by atoms with Crippen LogP contribution < -0.4 is 16.2 Å². The van der Waals surface area contributed by atoms with Gasteiger partial charge in [-0.2, -0.15) is 5.10 Å². The molecule has 5 rings (SSSR count). The van der Waals surface area contributed by atoms with Gasteiger partial charge in [0.1, 0.15) is 6.54 Å². The Bertz CT molecular complexity index is 1570. The maximum absolute atomic E-state index is 13.4. The van der Waals surface area contributed by atoms with Gasteiger partial charge in [-0.25, -0.2) is 10.2 Å². The molecule has 3 heterocycles. The molecule has 0 bridgehead atoms. The predicted octanol–water partition coefficient (Wildman–Crippen LogP) is 2.81. The number of benzene rings is 2. The van der Waals surface area contributed by atoms with E-state index in [2.05, 4.69) is 38.8 Å². The molecule has 1 aliphatic heterocycles. The van der Waals surface area contributed by atoms with Crippen LogP contribution in [-0.2, 0) is 44.1 Å². The van der Waals surface area contributed by atoms with E-state index in [1.165, 1.54) is 15.7 Å². The zero-order valence-electron chi connectivity index (χ0n) is 21.9. The molecule has 0 saturated carbocycles. The highest BCUT2D eigenvalue weighted by molar-refractivity contribution is 6.66. The second kappa shape index (κ2) is 11.8. The lowest BCUT2D eigenvalue weighted by Gasteiger charge is -2.19. The zero-order valence-corrected chi connectivity index (χ0v) is 21.9. The molecule has 0 unspecified atom stereocenters. The molecule has 39 heavy (non-hydrogen) atoms. The van der Waals surface area contributed by atoms with Crippen molar-refractivity contribution in [1.29, 1.82) is 5.26 Å². The summed E-state index contributed by atoms with van der Waals surface area (Å²) in [5.41, 5.74) is 5.47. The third-order valence-corrected chi connectivity index (χ3v) is 7.08. The number of nitriles is 1. The molecule has 0 radical (unpaired) electrons. The number of aromatic nitrogens is 4. The van der Waals surface area contributed by atoms with E-state index in [9.17, 15) is 14.9 Å². The first-order valence-corrected chi connectivity index (χ1v) is 13.1. The maximum Gasteiger partial charge on any atom is 0.294 e. The monoisotopic (exact) mass is 519 g/mol. The standard InChI is InChI=1S/C29H30BN7O2/c1-36-18-25(16-35-36)26-17-34-28(32-12-10-21-5-3-2-4-6-21)29(39)37(26)19-27(38)33-15-22-7-8-24-14-30(20-31)11-9-23(24)13-22/h2-8,13,16-18H,9-12,14-15,19H2,1H3,(H,32,34)(H,33,38). The van der Waals surface area contributed by atoms with Gasteiger partial charge in [0.15, 0.2) is 5.82 Å². The van der Waals surface area contributed by atoms with Crippen molar-refractivity contribution in [1.82, 2.24) is 24.6 Å². The van der Waals surface area contributed by atoms with E-state index in [1.807, 2.05) is 36.4 Å². The van der Waals surface area contributed by atoms with E-state index in [0.29, 0.717) is 24.3 Å². The number of hydrogen-bond donors (Lipinski definition) is 2. The van der Waals surface area contributed by atoms with Crippen LogP contribution in [0.15, 0.2) is 71.9 Å². The highest BCUT2D eigenvalue weighted by atomic mass is 16.2. The van der Waals surface area contributed by atoms with Crippen LogP contribution in [0.25, 0.3) is 11.3 Å². The average Bonchev–Trinajstić information content (AvgIpc) is 3.39. The first kappa shape index (κ1) is 26.0. The third-order valence-electron chi connectivity index (χ3n) is 7.08. The first-order chi connectivity index (χ1) is 19.0. The third kappa shape index (κ3) is 6.26. The van der Waals surface area contributed by atoms with Crippen molar-refractivity contribution in [3.05, 3.63) is 99.7 Å². The number of amides is 1. The number of carbonyl (C=O) groups is 1. The van der Waals surface area contributed by atoms with E-state index in [-0.39, 0.29) is 30.5 Å². The van der Waals surface area contributed by atoms with Crippen molar-refractivity contribution in [2.24, 2.45) is 7.05 Å². The Hall–Kier alpha value is -4.65. The number of anilines is 1. The molecule has 0 fully saturated rings. The summed E-state index contributed by atoms with van der Waals surface area (Å²) < 4.78 is 3.09. The molecule has 4 aromatic rings. The van der Waals surface area contributed by atoms with Gasteiger partial charge in [-0.05, 0) is 35.9 Å². The summed E-state index contributed by atoms with van der Waals surface area (Å²) in [4.78, 5) is 30.9. The fourth-order valence-electron chi connectivity index (χ4n) is 4.95. The van der Waals surface area contributed by atoms with Gasteiger partial charge >= 0.3 is 0 Å². The number of rotatable bonds is 9. The van der Waals surface area contributed by atoms with Gasteiger partial charge in [0, 0.05) is 37.9 Å². The molecule has 2 aromatic heterocycles. The van der Waals surface area contributed by atoms with Gasteiger partial charge < -0.3 is 10.6 Å². The molecule has 0 atom stereocenters. The van der Waals surface area contributed by atoms with Crippen LogP contribution in [0.5, 0.6) is 0 Å². The molecule has 0 aliphatic carbocycles. The second-order valence-corrected chi connectivity index (χ2v) is 9.90. The largest absolute Gasteiger partial charge is 0.365 e. The van der Waals surface area contributed by atoms with E-state index in [4.69, 9.17) is 0 Å². The molecule has 9 nitrogen and oxygen atoms in total. The highest BCUT2D eigenvalue weighted by Gasteiger charge is 2.22. The Morgan fingerprint density at radius 3 is 2.74 bits per heavy atom. The summed E-state index contributed by atoms with van der Waals surface area (Å²) in [5.74, 6) is 2.30. The van der Waals surface area contributed by atoms with E-state index < -0.39 is 0 Å². The summed E-state index contributed by atoms with van der Waals surface area (Å²) in [6.07, 6.45) is 8.30. The second-order valence-electron chi connectivity index (χ2n) is 9.90. The van der Waals surface area contributed by atoms with Gasteiger partial charge in [-0.1, -0.05) is 60.4 Å². The minimum atomic E-state index is -0.361. The van der Waals surface area contributed by atoms with Gasteiger partial charge in [0.05, 0.1) is 18.1 Å². The molecule has 2 N–H and O–H groups in total. The minimum absolute atomic E-state index is 0.0773. The minimum Gasteiger partial charge on any atom is -0.365 e. The van der Waals surface area contributed by atoms with Crippen molar-refractivity contribution in [2.75, 3.05) is 11.9 Å². The van der Waals surface area contributed by atoms with Crippen LogP contribution in [0.3, 0.4) is 0 Å². The van der Waals surface area contributed by atoms with Crippen LogP contribution in [0.4, 0.5) is 5.82 Å². The Labute approximate surface area is 227 Å². The summed E-state index contributed by atoms with van der Waals surface area (Å²) in [6.45, 7) is 0.831. The fraction of sp³-hybridized carbons (Fsp3) is 0.276. The molecule has 10 heteroatoms. The Morgan fingerprint density at radius 2 is 1.97 bits per heavy atom. The van der Waals surface area contributed by atoms with Gasteiger partial charge in [-0.15, -0.1) is 0 Å². The van der Waals surface area contributed by atoms with Crippen LogP contribution >= 0.6 is 0 Å². The highest BCUT2D eigenvalue weighted by Crippen LogP contribution is 2.22. The van der Waals surface area contributed by atoms with E-state index in [0.717, 1.165) is 36.6 Å². The molecule has 196 valence electrons. The lowest BCUT2D eigenvalue weighted by Crippen LogP contribution is -2.34. The maximum atomic E-state index is 13.4. The van der Waals surface area contributed by atoms with Crippen LogP contribution in [0, 0.1) is 11.2 Å². The molecule has 2 aromatic carbocycles. The summed E-state index contributed by atoms with van der Waals surface area (Å²) in [7, 11) is 1.80. The van der Waals surface area contributed by atoms with Crippen molar-refractivity contribution < 1.29 is 4.79 Å². The first-order valence-electron chi connectivity index (χ1n) is 13.1. The zero-order chi connectivity index (χ0) is 27.2. The van der Waals surface area contributed by atoms with Crippen LogP contribution in [0.1, 0.15) is 22.3 Å². The van der Waals surface area contributed by atoms with Gasteiger partial charge in [0.25, 0.3) is 12.3 Å². The van der Waals surface area contributed by atoms with Crippen molar-refractivity contribution in [3.63, 3.8) is 0 Å². The molecular weight excluding hydrogens is 489 g/mol. The van der Waals surface area contributed by atoms with E-state index >= 15 is 0 Å². The van der Waals surface area contributed by atoms with Crippen LogP contribution in [0.2, 0.25) is 6.32 Å². The number of nitrogens with zero attached hydrogens (tertiary/aromatic N) is 5. The van der Waals surface area contributed by atoms with Crippen molar-refractivity contribution in [2.45, 2.75) is 38.6 Å². The Kier molecular flexibility index (Phi) is 7.87. The molecule has 0 saturated heterocycles. The van der Waals surface area contributed by atoms with E-state index in [1.54, 1.807) is 30.3 Å². The Morgan fingerprint density at radius 1 is 1.13 bits per heavy atom. The molecular formula is C29H30BN7O2. The summed E-state index contributed by atoms with van der Waals surface area (Å²) in [5, 5.41) is 19.5. The predicted molar refractivity (Wildman–Crippen MR) is 151 cm³/mol. The lowest BCUT2D eigenvalue weighted by atomic mass is 9.42. The number of fused-ring (bicyclic) bond motifs is 1. The molecule has 0 spiro atoms. The lowest BCUT2D eigenvalue weighted by molar-refractivity contribution is -0.121. The molecule has 1 amide bonds. The van der Waals surface area contributed by atoms with Crippen molar-refractivity contribution in [3.8, 4) is 17.2 Å². The Balaban J connectivity index is 1.29. The SMILES string of the molecule is Cn1cc(-c2cnc(NCCc3ccccc3)c(=O)n2CC(=O)NCc2ccc3c(c2)CCB(C#N)C3)cn1. The quantitative estimate of drug-likeness (QED) is 0.329. The number of nitrogens with one attached hydrogen (secondary N) is 2. The number of hydrogen-bond acceptors (Lipinski definition) is 6. The topological polar surface area (TPSA) is 118 Å². The number of carbonyl (C=O) groups excluding carboxylic acids is 1. The van der Waals surface area contributed by atoms with Gasteiger partial charge in [0.2, 0.25) is 5.91 Å². The molecule has 1 aliphatic rings. The van der Waals surface area contributed by atoms with Crippen LogP contribution in [-0.4, -0.2) is 38.5 Å². The summed E-state index contributed by atoms with van der Waals surface area (Å²) in [6, 6.07) is 16.2.